The molecule has 1 aromatic heterocycles. The molecule has 0 amide bonds. The topological polar surface area (TPSA) is 44.9 Å². The van der Waals surface area contributed by atoms with E-state index in [1.807, 2.05) is 13.8 Å². The fourth-order valence-corrected chi connectivity index (χ4v) is 2.81. The lowest BCUT2D eigenvalue weighted by Gasteiger charge is -2.17. The lowest BCUT2D eigenvalue weighted by molar-refractivity contribution is -0.136. The molecule has 1 aliphatic rings. The number of rotatable bonds is 0. The molecule has 2 heterocycles. The predicted octanol–water partition coefficient (Wildman–Crippen LogP) is 3.29. The summed E-state index contributed by atoms with van der Waals surface area (Å²) in [5.74, 6) is 0. The van der Waals surface area contributed by atoms with E-state index in [0.29, 0.717) is 23.7 Å². The smallest absolute Gasteiger partial charge is 0.380 e. The van der Waals surface area contributed by atoms with Gasteiger partial charge in [-0.05, 0) is 38.0 Å². The van der Waals surface area contributed by atoms with Crippen LogP contribution in [-0.2, 0) is 12.6 Å². The maximum absolute atomic E-state index is 13.2. The molecular formula is C14H13F3N2O. The number of nitrogens with one attached hydrogen (secondary N) is 2. The van der Waals surface area contributed by atoms with Gasteiger partial charge in [0.15, 0.2) is 0 Å². The Hall–Kier alpha value is -1.98. The van der Waals surface area contributed by atoms with E-state index >= 15 is 0 Å². The number of pyridine rings is 1. The van der Waals surface area contributed by atoms with Gasteiger partial charge in [0.25, 0.3) is 0 Å². The van der Waals surface area contributed by atoms with Gasteiger partial charge in [-0.25, -0.2) is 0 Å². The summed E-state index contributed by atoms with van der Waals surface area (Å²) >= 11 is 0. The monoisotopic (exact) mass is 282 g/mol. The zero-order valence-electron chi connectivity index (χ0n) is 11.0. The number of fused-ring (bicyclic) bond motifs is 3. The van der Waals surface area contributed by atoms with Crippen molar-refractivity contribution >= 4 is 16.6 Å². The molecule has 3 rings (SSSR count). The minimum atomic E-state index is -4.55. The van der Waals surface area contributed by atoms with Gasteiger partial charge in [0.1, 0.15) is 0 Å². The maximum Gasteiger partial charge on any atom is 0.417 e. The van der Waals surface area contributed by atoms with Crippen molar-refractivity contribution in [1.82, 2.24) is 4.98 Å². The fourth-order valence-electron chi connectivity index (χ4n) is 2.81. The van der Waals surface area contributed by atoms with Crippen molar-refractivity contribution in [2.45, 2.75) is 32.0 Å². The first-order valence-electron chi connectivity index (χ1n) is 6.22. The molecule has 106 valence electrons. The summed E-state index contributed by atoms with van der Waals surface area (Å²) in [5, 5.41) is 3.29. The van der Waals surface area contributed by atoms with Gasteiger partial charge >= 0.3 is 6.18 Å². The normalized spacial score (nSPS) is 17.1. The van der Waals surface area contributed by atoms with Gasteiger partial charge in [0.2, 0.25) is 5.56 Å². The second-order valence-corrected chi connectivity index (χ2v) is 5.74. The number of anilines is 1. The van der Waals surface area contributed by atoms with Crippen LogP contribution in [0.15, 0.2) is 23.0 Å². The molecule has 0 atom stereocenters. The Morgan fingerprint density at radius 3 is 2.60 bits per heavy atom. The Balaban J connectivity index is 2.41. The van der Waals surface area contributed by atoms with Crippen LogP contribution in [0.25, 0.3) is 10.9 Å². The van der Waals surface area contributed by atoms with E-state index in [2.05, 4.69) is 10.3 Å². The molecule has 1 aromatic carbocycles. The third-order valence-corrected chi connectivity index (χ3v) is 3.51. The van der Waals surface area contributed by atoms with Crippen molar-refractivity contribution < 1.29 is 13.2 Å². The van der Waals surface area contributed by atoms with Gasteiger partial charge in [-0.15, -0.1) is 0 Å². The van der Waals surface area contributed by atoms with Crippen LogP contribution in [0.1, 0.15) is 25.0 Å². The third-order valence-electron chi connectivity index (χ3n) is 3.51. The van der Waals surface area contributed by atoms with Gasteiger partial charge < -0.3 is 10.3 Å². The Kier molecular flexibility index (Phi) is 2.46. The zero-order chi connectivity index (χ0) is 14.7. The number of benzene rings is 1. The quantitative estimate of drug-likeness (QED) is 0.778. The van der Waals surface area contributed by atoms with E-state index in [1.54, 1.807) is 6.07 Å². The highest BCUT2D eigenvalue weighted by Crippen LogP contribution is 2.41. The van der Waals surface area contributed by atoms with Crippen LogP contribution in [0.3, 0.4) is 0 Å². The number of H-pyrrole nitrogens is 1. The van der Waals surface area contributed by atoms with Crippen molar-refractivity contribution in [1.29, 1.82) is 0 Å². The highest BCUT2D eigenvalue weighted by atomic mass is 19.4. The van der Waals surface area contributed by atoms with Crippen molar-refractivity contribution in [3.8, 4) is 0 Å². The number of hydrogen-bond donors (Lipinski definition) is 2. The Labute approximate surface area is 112 Å². The van der Waals surface area contributed by atoms with Crippen molar-refractivity contribution in [2.24, 2.45) is 0 Å². The van der Waals surface area contributed by atoms with Gasteiger partial charge in [0.05, 0.1) is 5.56 Å². The molecule has 0 unspecified atom stereocenters. The lowest BCUT2D eigenvalue weighted by atomic mass is 9.95. The molecule has 0 bridgehead atoms. The summed E-state index contributed by atoms with van der Waals surface area (Å²) in [6, 6.07) is 3.86. The molecule has 1 aliphatic heterocycles. The lowest BCUT2D eigenvalue weighted by Crippen LogP contribution is -2.27. The van der Waals surface area contributed by atoms with Crippen molar-refractivity contribution in [2.75, 3.05) is 5.32 Å². The SMILES string of the molecule is CC1(C)Cc2c(ccc3[nH]c(=O)cc(C(F)(F)F)c23)N1. The van der Waals surface area contributed by atoms with Gasteiger partial charge in [-0.2, -0.15) is 13.2 Å². The second-order valence-electron chi connectivity index (χ2n) is 5.74. The first-order valence-corrected chi connectivity index (χ1v) is 6.22. The molecule has 0 spiro atoms. The summed E-state index contributed by atoms with van der Waals surface area (Å²) in [6.45, 7) is 3.86. The summed E-state index contributed by atoms with van der Waals surface area (Å²) in [6.07, 6.45) is -4.07. The maximum atomic E-state index is 13.2. The largest absolute Gasteiger partial charge is 0.417 e. The number of halogens is 3. The van der Waals surface area contributed by atoms with Crippen LogP contribution >= 0.6 is 0 Å². The zero-order valence-corrected chi connectivity index (χ0v) is 11.0. The molecule has 20 heavy (non-hydrogen) atoms. The van der Waals surface area contributed by atoms with E-state index < -0.39 is 17.3 Å². The van der Waals surface area contributed by atoms with Crippen LogP contribution in [0.2, 0.25) is 0 Å². The molecule has 0 aliphatic carbocycles. The first-order chi connectivity index (χ1) is 9.17. The molecule has 6 heteroatoms. The Morgan fingerprint density at radius 1 is 1.25 bits per heavy atom. The number of aromatic amines is 1. The molecular weight excluding hydrogens is 269 g/mol. The van der Waals surface area contributed by atoms with Gasteiger partial charge in [-0.1, -0.05) is 0 Å². The Morgan fingerprint density at radius 2 is 1.95 bits per heavy atom. The van der Waals surface area contributed by atoms with Crippen LogP contribution in [-0.4, -0.2) is 10.5 Å². The van der Waals surface area contributed by atoms with Crippen molar-refractivity contribution in [3.63, 3.8) is 0 Å². The highest BCUT2D eigenvalue weighted by molar-refractivity contribution is 5.92. The first kappa shape index (κ1) is 13.0. The number of alkyl halides is 3. The minimum Gasteiger partial charge on any atom is -0.380 e. The Bertz CT molecular complexity index is 759. The standard InChI is InChI=1S/C14H13F3N2O/c1-13(2)6-7-9(19-13)3-4-10-12(7)8(14(15,16)17)5-11(20)18-10/h3-5,19H,6H2,1-2H3,(H,18,20). The molecule has 0 saturated carbocycles. The third kappa shape index (κ3) is 1.95. The van der Waals surface area contributed by atoms with Crippen LogP contribution in [0.5, 0.6) is 0 Å². The van der Waals surface area contributed by atoms with E-state index in [-0.39, 0.29) is 16.4 Å². The predicted molar refractivity (Wildman–Crippen MR) is 71.0 cm³/mol. The number of hydrogen-bond acceptors (Lipinski definition) is 2. The summed E-state index contributed by atoms with van der Waals surface area (Å²) in [5.41, 5.74) is -0.378. The van der Waals surface area contributed by atoms with Crippen LogP contribution in [0, 0.1) is 0 Å². The number of aromatic nitrogens is 1. The molecule has 0 fully saturated rings. The van der Waals surface area contributed by atoms with E-state index in [4.69, 9.17) is 0 Å². The van der Waals surface area contributed by atoms with Crippen LogP contribution < -0.4 is 10.9 Å². The van der Waals surface area contributed by atoms with E-state index in [1.165, 1.54) is 6.07 Å². The summed E-state index contributed by atoms with van der Waals surface area (Å²) in [7, 11) is 0. The van der Waals surface area contributed by atoms with E-state index in [9.17, 15) is 18.0 Å². The molecule has 2 N–H and O–H groups in total. The molecule has 3 nitrogen and oxygen atoms in total. The average Bonchev–Trinajstić information content (AvgIpc) is 2.60. The summed E-state index contributed by atoms with van der Waals surface area (Å²) < 4.78 is 39.6. The molecule has 2 aromatic rings. The highest BCUT2D eigenvalue weighted by Gasteiger charge is 2.37. The minimum absolute atomic E-state index is 0.0904. The van der Waals surface area contributed by atoms with Crippen molar-refractivity contribution in [3.05, 3.63) is 39.7 Å². The summed E-state index contributed by atoms with van der Waals surface area (Å²) in [4.78, 5) is 13.9. The second kappa shape index (κ2) is 3.77. The van der Waals surface area contributed by atoms with Gasteiger partial charge in [0, 0.05) is 28.2 Å². The van der Waals surface area contributed by atoms with Gasteiger partial charge in [-0.3, -0.25) is 4.79 Å². The molecule has 0 radical (unpaired) electrons. The van der Waals surface area contributed by atoms with Crippen LogP contribution in [0.4, 0.5) is 18.9 Å². The van der Waals surface area contributed by atoms with E-state index in [0.717, 1.165) is 0 Å². The average molecular weight is 282 g/mol. The molecule has 0 saturated heterocycles. The fraction of sp³-hybridized carbons (Fsp3) is 0.357.